The Bertz CT molecular complexity index is 3080. The first-order valence-corrected chi connectivity index (χ1v) is 21.3. The lowest BCUT2D eigenvalue weighted by atomic mass is 9.34. The van der Waals surface area contributed by atoms with Crippen molar-refractivity contribution in [1.29, 1.82) is 0 Å². The molecule has 11 rings (SSSR count). The van der Waals surface area contributed by atoms with Gasteiger partial charge in [-0.2, -0.15) is 0 Å². The molecule has 9 aromatic rings. The van der Waals surface area contributed by atoms with E-state index in [0.29, 0.717) is 0 Å². The summed E-state index contributed by atoms with van der Waals surface area (Å²) >= 11 is 9.06. The monoisotopic (exact) mass is 779 g/mol. The summed E-state index contributed by atoms with van der Waals surface area (Å²) in [4.78, 5) is 5.10. The van der Waals surface area contributed by atoms with Gasteiger partial charge >= 0.3 is 0 Å². The van der Waals surface area contributed by atoms with Crippen molar-refractivity contribution < 1.29 is 0 Å². The van der Waals surface area contributed by atoms with E-state index in [2.05, 4.69) is 208 Å². The number of nitrogens with zero attached hydrogens (tertiary/aromatic N) is 1. The lowest BCUT2D eigenvalue weighted by Crippen LogP contribution is -2.60. The number of benzene rings is 9. The molecule has 1 nitrogen and oxygen atoms in total. The summed E-state index contributed by atoms with van der Waals surface area (Å²) in [7, 11) is 0. The van der Waals surface area contributed by atoms with Crippen LogP contribution in [0.25, 0.3) is 54.9 Å². The Morgan fingerprint density at radius 2 is 1.17 bits per heavy atom. The SMILES string of the molecule is CC(C)(C)c1ccc(-c2cc3c4c(c2)N(c2cccc5ccc6ccccc6c25)c2ccc(-c5ccccc5)cc2B4c2cc(Cl)cc(-c4ccccc4)c2S3)cc1. The third-order valence-corrected chi connectivity index (χ3v) is 13.5. The number of anilines is 3. The fourth-order valence-corrected chi connectivity index (χ4v) is 10.8. The van der Waals surface area contributed by atoms with E-state index in [1.54, 1.807) is 0 Å². The predicted molar refractivity (Wildman–Crippen MR) is 251 cm³/mol. The Kier molecular flexibility index (Phi) is 8.22. The van der Waals surface area contributed by atoms with Gasteiger partial charge in [-0.05, 0) is 108 Å². The van der Waals surface area contributed by atoms with Crippen molar-refractivity contribution in [2.75, 3.05) is 4.90 Å². The van der Waals surface area contributed by atoms with Gasteiger partial charge in [-0.1, -0.05) is 195 Å². The van der Waals surface area contributed by atoms with Gasteiger partial charge in [0.1, 0.15) is 0 Å². The predicted octanol–water partition coefficient (Wildman–Crippen LogP) is 13.7. The zero-order valence-electron chi connectivity index (χ0n) is 32.6. The van der Waals surface area contributed by atoms with Crippen molar-refractivity contribution in [2.24, 2.45) is 0 Å². The van der Waals surface area contributed by atoms with Gasteiger partial charge in [0, 0.05) is 31.6 Å². The maximum Gasteiger partial charge on any atom is 0.249 e. The molecule has 0 atom stereocenters. The maximum absolute atomic E-state index is 7.17. The molecule has 0 aromatic heterocycles. The molecular weight excluding hydrogens is 741 g/mol. The molecule has 0 N–H and O–H groups in total. The van der Waals surface area contributed by atoms with Gasteiger partial charge in [-0.25, -0.2) is 0 Å². The van der Waals surface area contributed by atoms with E-state index in [4.69, 9.17) is 11.6 Å². The van der Waals surface area contributed by atoms with Crippen LogP contribution in [0.1, 0.15) is 26.3 Å². The first-order valence-electron chi connectivity index (χ1n) is 20.1. The van der Waals surface area contributed by atoms with Gasteiger partial charge in [-0.15, -0.1) is 0 Å². The Balaban J connectivity index is 1.25. The Hall–Kier alpha value is -6.00. The number of fused-ring (bicyclic) bond motifs is 7. The highest BCUT2D eigenvalue weighted by Gasteiger charge is 2.42. The second-order valence-electron chi connectivity index (χ2n) is 16.6. The third-order valence-electron chi connectivity index (χ3n) is 12.1. The molecule has 0 bridgehead atoms. The van der Waals surface area contributed by atoms with Crippen LogP contribution in [0.5, 0.6) is 0 Å². The van der Waals surface area contributed by atoms with Gasteiger partial charge in [0.05, 0.1) is 5.69 Å². The average Bonchev–Trinajstić information content (AvgIpc) is 3.26. The van der Waals surface area contributed by atoms with E-state index < -0.39 is 0 Å². The van der Waals surface area contributed by atoms with E-state index in [1.165, 1.54) is 104 Å². The van der Waals surface area contributed by atoms with Crippen LogP contribution in [0, 0.1) is 0 Å². The van der Waals surface area contributed by atoms with E-state index in [9.17, 15) is 0 Å². The van der Waals surface area contributed by atoms with Gasteiger partial charge < -0.3 is 4.90 Å². The molecule has 0 saturated carbocycles. The van der Waals surface area contributed by atoms with Crippen LogP contribution in [-0.4, -0.2) is 6.71 Å². The van der Waals surface area contributed by atoms with Gasteiger partial charge in [0.25, 0.3) is 0 Å². The molecule has 4 heteroatoms. The minimum Gasteiger partial charge on any atom is -0.311 e. The fraction of sp³-hybridized carbons (Fsp3) is 0.0741. The maximum atomic E-state index is 7.17. The molecule has 0 fully saturated rings. The Morgan fingerprint density at radius 3 is 1.95 bits per heavy atom. The zero-order valence-corrected chi connectivity index (χ0v) is 34.2. The topological polar surface area (TPSA) is 3.24 Å². The molecule has 0 saturated heterocycles. The molecule has 276 valence electrons. The van der Waals surface area contributed by atoms with Gasteiger partial charge in [0.15, 0.2) is 0 Å². The Labute approximate surface area is 350 Å². The molecule has 0 spiro atoms. The normalized spacial score (nSPS) is 13.0. The van der Waals surface area contributed by atoms with Gasteiger partial charge in [0.2, 0.25) is 6.71 Å². The molecule has 0 radical (unpaired) electrons. The highest BCUT2D eigenvalue weighted by Crippen LogP contribution is 2.49. The standard InChI is InChI=1S/C54H39BClNS/c1-54(2,3)41-26-23-35(24-27-41)40-30-49-52-50(31-40)58-53-44(36-15-8-5-9-16-36)32-42(56)33-46(53)55(52)45-29-39(34-13-6-4-7-14-34)25-28-47(45)57(49)48-20-12-18-38-22-21-37-17-10-11-19-43(37)51(38)48/h4-33H,1-3H3. The fourth-order valence-electron chi connectivity index (χ4n) is 9.28. The summed E-state index contributed by atoms with van der Waals surface area (Å²) in [5.74, 6) is 0. The lowest BCUT2D eigenvalue weighted by Gasteiger charge is -2.41. The van der Waals surface area contributed by atoms with E-state index in [-0.39, 0.29) is 12.1 Å². The highest BCUT2D eigenvalue weighted by molar-refractivity contribution is 8.00. The van der Waals surface area contributed by atoms with Crippen molar-refractivity contribution in [2.45, 2.75) is 36.0 Å². The molecular formula is C54H39BClNS. The van der Waals surface area contributed by atoms with Crippen LogP contribution in [0.15, 0.2) is 192 Å². The van der Waals surface area contributed by atoms with Crippen LogP contribution in [0.4, 0.5) is 17.1 Å². The largest absolute Gasteiger partial charge is 0.311 e. The quantitative estimate of drug-likeness (QED) is 0.129. The van der Waals surface area contributed by atoms with Crippen LogP contribution < -0.4 is 21.3 Å². The van der Waals surface area contributed by atoms with E-state index in [0.717, 1.165) is 5.02 Å². The van der Waals surface area contributed by atoms with Crippen molar-refractivity contribution >= 4 is 85.1 Å². The third kappa shape index (κ3) is 5.71. The molecule has 2 aliphatic heterocycles. The van der Waals surface area contributed by atoms with Crippen molar-refractivity contribution in [3.8, 4) is 33.4 Å². The first-order chi connectivity index (χ1) is 28.3. The van der Waals surface area contributed by atoms with Crippen LogP contribution in [0.2, 0.25) is 5.02 Å². The second-order valence-corrected chi connectivity index (χ2v) is 18.1. The summed E-state index contributed by atoms with van der Waals surface area (Å²) in [6.45, 7) is 6.80. The molecule has 9 aromatic carbocycles. The summed E-state index contributed by atoms with van der Waals surface area (Å²) < 4.78 is 0. The summed E-state index contributed by atoms with van der Waals surface area (Å²) in [5.41, 5.74) is 16.0. The lowest BCUT2D eigenvalue weighted by molar-refractivity contribution is 0.590. The Morgan fingerprint density at radius 1 is 0.500 bits per heavy atom. The smallest absolute Gasteiger partial charge is 0.249 e. The van der Waals surface area contributed by atoms with Crippen LogP contribution >= 0.6 is 23.4 Å². The molecule has 0 aliphatic carbocycles. The average molecular weight is 780 g/mol. The number of rotatable bonds is 4. The van der Waals surface area contributed by atoms with Crippen molar-refractivity contribution in [1.82, 2.24) is 0 Å². The molecule has 0 amide bonds. The molecule has 2 heterocycles. The second kappa shape index (κ2) is 13.6. The molecule has 2 aliphatic rings. The molecule has 58 heavy (non-hydrogen) atoms. The molecule has 0 unspecified atom stereocenters. The van der Waals surface area contributed by atoms with Gasteiger partial charge in [-0.3, -0.25) is 0 Å². The zero-order chi connectivity index (χ0) is 39.1. The van der Waals surface area contributed by atoms with E-state index in [1.807, 2.05) is 11.8 Å². The van der Waals surface area contributed by atoms with Crippen molar-refractivity contribution in [3.05, 3.63) is 193 Å². The minimum atomic E-state index is -0.0404. The number of hydrogen-bond donors (Lipinski definition) is 0. The number of halogens is 1. The summed E-state index contributed by atoms with van der Waals surface area (Å²) in [6.07, 6.45) is 0. The van der Waals surface area contributed by atoms with Crippen LogP contribution in [-0.2, 0) is 5.41 Å². The first kappa shape index (κ1) is 35.2. The van der Waals surface area contributed by atoms with Crippen molar-refractivity contribution in [3.63, 3.8) is 0 Å². The summed E-state index contributed by atoms with van der Waals surface area (Å²) in [6, 6.07) is 67.2. The number of hydrogen-bond acceptors (Lipinski definition) is 2. The highest BCUT2D eigenvalue weighted by atomic mass is 35.5. The summed E-state index contributed by atoms with van der Waals surface area (Å²) in [5, 5.41) is 5.72. The van der Waals surface area contributed by atoms with Crippen LogP contribution in [0.3, 0.4) is 0 Å². The van der Waals surface area contributed by atoms with E-state index >= 15 is 0 Å². The minimum absolute atomic E-state index is 0.0404.